The van der Waals surface area contributed by atoms with Gasteiger partial charge in [0.15, 0.2) is 0 Å². The Balaban J connectivity index is 2.90. The minimum Gasteiger partial charge on any atom is -0.395 e. The van der Waals surface area contributed by atoms with Crippen LogP contribution in [0.2, 0.25) is 0 Å². The van der Waals surface area contributed by atoms with Crippen molar-refractivity contribution in [3.63, 3.8) is 0 Å². The molecule has 0 saturated heterocycles. The van der Waals surface area contributed by atoms with Crippen molar-refractivity contribution in [2.45, 2.75) is 20.3 Å². The number of anilines is 1. The number of carbonyl (C=O) groups is 1. The maximum Gasteiger partial charge on any atom is 0.253 e. The molecule has 0 aliphatic rings. The molecule has 18 heavy (non-hydrogen) atoms. The monoisotopic (exact) mass is 250 g/mol. The summed E-state index contributed by atoms with van der Waals surface area (Å²) in [5.41, 5.74) is 2.74. The number of amides is 1. The largest absolute Gasteiger partial charge is 0.395 e. The summed E-state index contributed by atoms with van der Waals surface area (Å²) in [5, 5.41) is 12.1. The molecule has 100 valence electrons. The van der Waals surface area contributed by atoms with Crippen molar-refractivity contribution in [3.05, 3.63) is 29.3 Å². The smallest absolute Gasteiger partial charge is 0.253 e. The highest BCUT2D eigenvalue weighted by atomic mass is 16.3. The van der Waals surface area contributed by atoms with Crippen LogP contribution >= 0.6 is 0 Å². The molecule has 1 aromatic rings. The molecule has 1 rings (SSSR count). The molecule has 2 N–H and O–H groups in total. The lowest BCUT2D eigenvalue weighted by molar-refractivity contribution is 0.0722. The van der Waals surface area contributed by atoms with E-state index in [0.717, 1.165) is 17.7 Å². The van der Waals surface area contributed by atoms with E-state index in [1.54, 1.807) is 4.90 Å². The summed E-state index contributed by atoms with van der Waals surface area (Å²) in [5.74, 6) is -0.0170. The molecule has 4 heteroatoms. The third-order valence-corrected chi connectivity index (χ3v) is 2.89. The predicted octanol–water partition coefficient (Wildman–Crippen LogP) is 1.88. The van der Waals surface area contributed by atoms with Gasteiger partial charge in [0.25, 0.3) is 5.91 Å². The minimum atomic E-state index is -0.0170. The van der Waals surface area contributed by atoms with Crippen molar-refractivity contribution in [3.8, 4) is 0 Å². The lowest BCUT2D eigenvalue weighted by Crippen LogP contribution is -2.34. The number of benzene rings is 1. The number of nitrogens with zero attached hydrogens (tertiary/aromatic N) is 1. The number of hydrogen-bond donors (Lipinski definition) is 2. The molecule has 0 aliphatic heterocycles. The molecule has 0 fully saturated rings. The Bertz CT molecular complexity index is 399. The SMILES string of the molecule is CCCN(CCO)C(=O)c1ccc(NC)c(C)c1. The van der Waals surface area contributed by atoms with Crippen LogP contribution in [0.15, 0.2) is 18.2 Å². The lowest BCUT2D eigenvalue weighted by Gasteiger charge is -2.21. The van der Waals surface area contributed by atoms with Crippen molar-refractivity contribution >= 4 is 11.6 Å². The van der Waals surface area contributed by atoms with Gasteiger partial charge in [0.2, 0.25) is 0 Å². The fraction of sp³-hybridized carbons (Fsp3) is 0.500. The van der Waals surface area contributed by atoms with Gasteiger partial charge in [0.05, 0.1) is 6.61 Å². The third kappa shape index (κ3) is 3.47. The quantitative estimate of drug-likeness (QED) is 0.810. The van der Waals surface area contributed by atoms with Gasteiger partial charge in [-0.05, 0) is 37.1 Å². The Morgan fingerprint density at radius 1 is 1.39 bits per heavy atom. The first-order valence-electron chi connectivity index (χ1n) is 6.32. The van der Waals surface area contributed by atoms with Gasteiger partial charge in [-0.15, -0.1) is 0 Å². The maximum absolute atomic E-state index is 12.3. The van der Waals surface area contributed by atoms with Gasteiger partial charge in [0.1, 0.15) is 0 Å². The first kappa shape index (κ1) is 14.5. The van der Waals surface area contributed by atoms with Crippen molar-refractivity contribution in [1.82, 2.24) is 4.90 Å². The highest BCUT2D eigenvalue weighted by Crippen LogP contribution is 2.17. The molecule has 0 spiro atoms. The van der Waals surface area contributed by atoms with Gasteiger partial charge >= 0.3 is 0 Å². The van der Waals surface area contributed by atoms with E-state index in [1.165, 1.54) is 0 Å². The van der Waals surface area contributed by atoms with Crippen LogP contribution in [0.1, 0.15) is 29.3 Å². The Morgan fingerprint density at radius 3 is 2.61 bits per heavy atom. The second kappa shape index (κ2) is 7.01. The molecular formula is C14H22N2O2. The Labute approximate surface area is 109 Å². The van der Waals surface area contributed by atoms with Crippen molar-refractivity contribution < 1.29 is 9.90 Å². The molecular weight excluding hydrogens is 228 g/mol. The molecule has 1 aromatic carbocycles. The van der Waals surface area contributed by atoms with Gasteiger partial charge in [-0.25, -0.2) is 0 Å². The molecule has 0 radical (unpaired) electrons. The van der Waals surface area contributed by atoms with E-state index < -0.39 is 0 Å². The second-order valence-electron chi connectivity index (χ2n) is 4.30. The number of aliphatic hydroxyl groups excluding tert-OH is 1. The number of aliphatic hydroxyl groups is 1. The first-order valence-corrected chi connectivity index (χ1v) is 6.32. The van der Waals surface area contributed by atoms with Crippen LogP contribution in [0.25, 0.3) is 0 Å². The maximum atomic E-state index is 12.3. The average Bonchev–Trinajstić information content (AvgIpc) is 2.37. The summed E-state index contributed by atoms with van der Waals surface area (Å²) >= 11 is 0. The number of carbonyl (C=O) groups excluding carboxylic acids is 1. The Hall–Kier alpha value is -1.55. The van der Waals surface area contributed by atoms with E-state index in [1.807, 2.05) is 39.1 Å². The molecule has 0 heterocycles. The van der Waals surface area contributed by atoms with Crippen LogP contribution < -0.4 is 5.32 Å². The predicted molar refractivity (Wildman–Crippen MR) is 74.0 cm³/mol. The number of rotatable bonds is 6. The van der Waals surface area contributed by atoms with Crippen LogP contribution in [-0.4, -0.2) is 42.7 Å². The highest BCUT2D eigenvalue weighted by molar-refractivity contribution is 5.95. The molecule has 4 nitrogen and oxygen atoms in total. The van der Waals surface area contributed by atoms with Crippen LogP contribution in [0.4, 0.5) is 5.69 Å². The van der Waals surface area contributed by atoms with Gasteiger partial charge in [-0.3, -0.25) is 4.79 Å². The van der Waals surface area contributed by atoms with Gasteiger partial charge in [0, 0.05) is 31.4 Å². The zero-order valence-corrected chi connectivity index (χ0v) is 11.4. The van der Waals surface area contributed by atoms with Crippen molar-refractivity contribution in [2.75, 3.05) is 32.1 Å². The van der Waals surface area contributed by atoms with Gasteiger partial charge < -0.3 is 15.3 Å². The van der Waals surface area contributed by atoms with E-state index in [0.29, 0.717) is 18.7 Å². The summed E-state index contributed by atoms with van der Waals surface area (Å²) in [6.07, 6.45) is 0.888. The molecule has 0 unspecified atom stereocenters. The zero-order chi connectivity index (χ0) is 13.5. The van der Waals surface area contributed by atoms with Crippen LogP contribution in [0.3, 0.4) is 0 Å². The number of aryl methyl sites for hydroxylation is 1. The topological polar surface area (TPSA) is 52.6 Å². The second-order valence-corrected chi connectivity index (χ2v) is 4.30. The molecule has 1 amide bonds. The van der Waals surface area contributed by atoms with Crippen LogP contribution in [0.5, 0.6) is 0 Å². The molecule has 0 atom stereocenters. The summed E-state index contributed by atoms with van der Waals surface area (Å²) in [6, 6.07) is 5.61. The zero-order valence-electron chi connectivity index (χ0n) is 11.4. The fourth-order valence-electron chi connectivity index (χ4n) is 1.97. The normalized spacial score (nSPS) is 10.2. The summed E-state index contributed by atoms with van der Waals surface area (Å²) in [7, 11) is 1.86. The van der Waals surface area contributed by atoms with E-state index in [4.69, 9.17) is 5.11 Å². The summed E-state index contributed by atoms with van der Waals surface area (Å²) < 4.78 is 0. The third-order valence-electron chi connectivity index (χ3n) is 2.89. The van der Waals surface area contributed by atoms with E-state index >= 15 is 0 Å². The van der Waals surface area contributed by atoms with E-state index in [-0.39, 0.29) is 12.5 Å². The number of nitrogens with one attached hydrogen (secondary N) is 1. The van der Waals surface area contributed by atoms with E-state index in [9.17, 15) is 4.79 Å². The minimum absolute atomic E-state index is 0.000673. The number of hydrogen-bond acceptors (Lipinski definition) is 3. The molecule has 0 bridgehead atoms. The average molecular weight is 250 g/mol. The van der Waals surface area contributed by atoms with Crippen LogP contribution in [-0.2, 0) is 0 Å². The first-order chi connectivity index (χ1) is 8.63. The Morgan fingerprint density at radius 2 is 2.11 bits per heavy atom. The summed E-state index contributed by atoms with van der Waals surface area (Å²) in [6.45, 7) is 5.05. The lowest BCUT2D eigenvalue weighted by atomic mass is 10.1. The highest BCUT2D eigenvalue weighted by Gasteiger charge is 2.15. The standard InChI is InChI=1S/C14H22N2O2/c1-4-7-16(8-9-17)14(18)12-5-6-13(15-3)11(2)10-12/h5-6,10,15,17H,4,7-9H2,1-3H3. The molecule has 0 aliphatic carbocycles. The van der Waals surface area contributed by atoms with Crippen molar-refractivity contribution in [1.29, 1.82) is 0 Å². The summed E-state index contributed by atoms with van der Waals surface area (Å²) in [4.78, 5) is 14.0. The Kier molecular flexibility index (Phi) is 5.65. The molecule has 0 saturated carbocycles. The fourth-order valence-corrected chi connectivity index (χ4v) is 1.97. The van der Waals surface area contributed by atoms with E-state index in [2.05, 4.69) is 5.32 Å². The van der Waals surface area contributed by atoms with Gasteiger partial charge in [-0.1, -0.05) is 6.92 Å². The van der Waals surface area contributed by atoms with Gasteiger partial charge in [-0.2, -0.15) is 0 Å². The molecule has 0 aromatic heterocycles. The van der Waals surface area contributed by atoms with Crippen LogP contribution in [0, 0.1) is 6.92 Å². The van der Waals surface area contributed by atoms with Crippen molar-refractivity contribution in [2.24, 2.45) is 0 Å².